The van der Waals surface area contributed by atoms with Crippen LogP contribution in [0.5, 0.6) is 0 Å². The molecule has 23 heavy (non-hydrogen) atoms. The van der Waals surface area contributed by atoms with Crippen molar-refractivity contribution in [2.24, 2.45) is 5.92 Å². The summed E-state index contributed by atoms with van der Waals surface area (Å²) in [6.07, 6.45) is 3.79. The molecule has 7 nitrogen and oxygen atoms in total. The molecule has 0 radical (unpaired) electrons. The summed E-state index contributed by atoms with van der Waals surface area (Å²) in [5.41, 5.74) is 0.769. The Bertz CT molecular complexity index is 704. The van der Waals surface area contributed by atoms with Crippen LogP contribution in [0.4, 0.5) is 0 Å². The lowest BCUT2D eigenvalue weighted by Gasteiger charge is -2.13. The third-order valence-corrected chi connectivity index (χ3v) is 4.58. The number of carbonyl (C=O) groups excluding carboxylic acids is 2. The van der Waals surface area contributed by atoms with Crippen LogP contribution in [-0.4, -0.2) is 43.3 Å². The number of carbonyl (C=O) groups is 2. The van der Waals surface area contributed by atoms with Crippen molar-refractivity contribution in [1.82, 2.24) is 20.0 Å². The Hall–Kier alpha value is -2.22. The number of aromatic nitrogens is 3. The zero-order valence-electron chi connectivity index (χ0n) is 12.6. The summed E-state index contributed by atoms with van der Waals surface area (Å²) >= 11 is 1.26. The molecule has 0 spiro atoms. The number of nitrogens with zero attached hydrogens (tertiary/aromatic N) is 4. The molecular formula is C15H16N4O3S. The number of likely N-dealkylation sites (tertiary alicyclic amines) is 1. The van der Waals surface area contributed by atoms with E-state index in [0.29, 0.717) is 37.0 Å². The zero-order chi connectivity index (χ0) is 16.2. The fourth-order valence-corrected chi connectivity index (χ4v) is 3.14. The second-order valence-electron chi connectivity index (χ2n) is 5.40. The quantitative estimate of drug-likeness (QED) is 0.824. The normalized spacial score (nSPS) is 17.7. The van der Waals surface area contributed by atoms with E-state index in [4.69, 9.17) is 4.52 Å². The second kappa shape index (κ2) is 6.91. The van der Waals surface area contributed by atoms with Crippen molar-refractivity contribution in [2.45, 2.75) is 19.9 Å². The topological polar surface area (TPSA) is 89.2 Å². The SMILES string of the molecule is CC(=O)SCC1CC(=O)N(Cc2nc(-c3cccnc3)no2)C1. The van der Waals surface area contributed by atoms with Gasteiger partial charge in [-0.25, -0.2) is 0 Å². The molecule has 1 saturated heterocycles. The Kier molecular flexibility index (Phi) is 4.71. The lowest BCUT2D eigenvalue weighted by molar-refractivity contribution is -0.128. The predicted octanol–water partition coefficient (Wildman–Crippen LogP) is 1.76. The van der Waals surface area contributed by atoms with Crippen LogP contribution in [0, 0.1) is 5.92 Å². The minimum Gasteiger partial charge on any atom is -0.337 e. The van der Waals surface area contributed by atoms with Crippen LogP contribution in [0.2, 0.25) is 0 Å². The monoisotopic (exact) mass is 332 g/mol. The Morgan fingerprint density at radius 2 is 2.39 bits per heavy atom. The summed E-state index contributed by atoms with van der Waals surface area (Å²) in [7, 11) is 0. The highest BCUT2D eigenvalue weighted by Crippen LogP contribution is 2.24. The number of thioether (sulfide) groups is 1. The molecule has 1 unspecified atom stereocenters. The number of amides is 1. The second-order valence-corrected chi connectivity index (χ2v) is 6.60. The Morgan fingerprint density at radius 3 is 3.13 bits per heavy atom. The number of pyridine rings is 1. The van der Waals surface area contributed by atoms with Gasteiger partial charge in [0.05, 0.1) is 6.54 Å². The van der Waals surface area contributed by atoms with Crippen molar-refractivity contribution >= 4 is 22.8 Å². The van der Waals surface area contributed by atoms with E-state index in [0.717, 1.165) is 5.56 Å². The highest BCUT2D eigenvalue weighted by Gasteiger charge is 2.31. The van der Waals surface area contributed by atoms with Crippen LogP contribution < -0.4 is 0 Å². The summed E-state index contributed by atoms with van der Waals surface area (Å²) in [6, 6.07) is 3.64. The lowest BCUT2D eigenvalue weighted by atomic mass is 10.1. The van der Waals surface area contributed by atoms with Crippen molar-refractivity contribution in [1.29, 1.82) is 0 Å². The zero-order valence-corrected chi connectivity index (χ0v) is 13.5. The number of hydrogen-bond donors (Lipinski definition) is 0. The summed E-state index contributed by atoms with van der Waals surface area (Å²) in [5, 5.41) is 4.00. The molecule has 0 N–H and O–H groups in total. The van der Waals surface area contributed by atoms with E-state index < -0.39 is 0 Å². The van der Waals surface area contributed by atoms with Gasteiger partial charge >= 0.3 is 0 Å². The molecule has 2 aromatic rings. The fourth-order valence-electron chi connectivity index (χ4n) is 2.45. The van der Waals surface area contributed by atoms with Gasteiger partial charge in [-0.1, -0.05) is 16.9 Å². The third kappa shape index (κ3) is 3.95. The van der Waals surface area contributed by atoms with Gasteiger partial charge in [0.15, 0.2) is 5.12 Å². The van der Waals surface area contributed by atoms with Gasteiger partial charge in [0.1, 0.15) is 0 Å². The third-order valence-electron chi connectivity index (χ3n) is 3.53. The summed E-state index contributed by atoms with van der Waals surface area (Å²) < 4.78 is 5.22. The van der Waals surface area contributed by atoms with Gasteiger partial charge in [-0.15, -0.1) is 0 Å². The highest BCUT2D eigenvalue weighted by molar-refractivity contribution is 8.13. The van der Waals surface area contributed by atoms with E-state index in [1.165, 1.54) is 18.7 Å². The van der Waals surface area contributed by atoms with Crippen molar-refractivity contribution in [3.63, 3.8) is 0 Å². The summed E-state index contributed by atoms with van der Waals surface area (Å²) in [4.78, 5) is 33.1. The maximum atomic E-state index is 12.0. The molecule has 8 heteroatoms. The summed E-state index contributed by atoms with van der Waals surface area (Å²) in [5.74, 6) is 1.78. The van der Waals surface area contributed by atoms with E-state index >= 15 is 0 Å². The van der Waals surface area contributed by atoms with Crippen LogP contribution in [0.3, 0.4) is 0 Å². The number of hydrogen-bond acceptors (Lipinski definition) is 7. The largest absolute Gasteiger partial charge is 0.337 e. The summed E-state index contributed by atoms with van der Waals surface area (Å²) in [6.45, 7) is 2.45. The average Bonchev–Trinajstić information content (AvgIpc) is 3.14. The van der Waals surface area contributed by atoms with E-state index in [1.54, 1.807) is 23.4 Å². The van der Waals surface area contributed by atoms with E-state index in [9.17, 15) is 9.59 Å². The molecule has 1 amide bonds. The molecule has 3 heterocycles. The van der Waals surface area contributed by atoms with Gasteiger partial charge in [0, 0.05) is 43.6 Å². The molecule has 0 aliphatic carbocycles. The maximum Gasteiger partial charge on any atom is 0.246 e. The van der Waals surface area contributed by atoms with Gasteiger partial charge in [-0.2, -0.15) is 4.98 Å². The minimum absolute atomic E-state index is 0.0558. The van der Waals surface area contributed by atoms with Crippen molar-refractivity contribution in [3.05, 3.63) is 30.4 Å². The molecule has 1 atom stereocenters. The Morgan fingerprint density at radius 1 is 1.52 bits per heavy atom. The van der Waals surface area contributed by atoms with Crippen LogP contribution in [0.15, 0.2) is 29.0 Å². The van der Waals surface area contributed by atoms with Crippen molar-refractivity contribution in [3.8, 4) is 11.4 Å². The fraction of sp³-hybridized carbons (Fsp3) is 0.400. The predicted molar refractivity (Wildman–Crippen MR) is 84.2 cm³/mol. The lowest BCUT2D eigenvalue weighted by Crippen LogP contribution is -2.25. The standard InChI is InChI=1S/C15H16N4O3S/c1-10(20)23-9-11-5-14(21)19(7-11)8-13-17-15(18-22-13)12-3-2-4-16-6-12/h2-4,6,11H,5,7-9H2,1H3. The minimum atomic E-state index is 0.0558. The molecule has 1 fully saturated rings. The van der Waals surface area contributed by atoms with Gasteiger partial charge in [-0.3, -0.25) is 14.6 Å². The van der Waals surface area contributed by atoms with Crippen LogP contribution in [0.25, 0.3) is 11.4 Å². The van der Waals surface area contributed by atoms with Gasteiger partial charge in [0.2, 0.25) is 17.6 Å². The molecule has 0 bridgehead atoms. The molecular weight excluding hydrogens is 316 g/mol. The van der Waals surface area contributed by atoms with Crippen LogP contribution in [0.1, 0.15) is 19.2 Å². The maximum absolute atomic E-state index is 12.0. The highest BCUT2D eigenvalue weighted by atomic mass is 32.2. The first-order chi connectivity index (χ1) is 11.1. The van der Waals surface area contributed by atoms with Crippen molar-refractivity contribution < 1.29 is 14.1 Å². The van der Waals surface area contributed by atoms with E-state index in [-0.39, 0.29) is 16.9 Å². The average molecular weight is 332 g/mol. The molecule has 3 rings (SSSR count). The molecule has 120 valence electrons. The first-order valence-corrected chi connectivity index (χ1v) is 8.24. The van der Waals surface area contributed by atoms with Crippen LogP contribution >= 0.6 is 11.8 Å². The van der Waals surface area contributed by atoms with Crippen molar-refractivity contribution in [2.75, 3.05) is 12.3 Å². The first kappa shape index (κ1) is 15.7. The Labute approximate surface area is 137 Å². The molecule has 1 aliphatic heterocycles. The van der Waals surface area contributed by atoms with Gasteiger partial charge in [0.25, 0.3) is 0 Å². The van der Waals surface area contributed by atoms with E-state index in [1.807, 2.05) is 6.07 Å². The number of rotatable bonds is 5. The molecule has 0 saturated carbocycles. The van der Waals surface area contributed by atoms with Crippen LogP contribution in [-0.2, 0) is 16.1 Å². The molecule has 2 aromatic heterocycles. The molecule has 1 aliphatic rings. The first-order valence-electron chi connectivity index (χ1n) is 7.26. The van der Waals surface area contributed by atoms with Gasteiger partial charge in [-0.05, 0) is 18.1 Å². The Balaban J connectivity index is 1.61. The van der Waals surface area contributed by atoms with E-state index in [2.05, 4.69) is 15.1 Å². The smallest absolute Gasteiger partial charge is 0.246 e. The molecule has 0 aromatic carbocycles. The van der Waals surface area contributed by atoms with Gasteiger partial charge < -0.3 is 9.42 Å².